The van der Waals surface area contributed by atoms with Crippen molar-refractivity contribution >= 4 is 15.7 Å². The van der Waals surface area contributed by atoms with Gasteiger partial charge in [-0.25, -0.2) is 13.1 Å². The summed E-state index contributed by atoms with van der Waals surface area (Å²) in [7, 11) is -3.55. The van der Waals surface area contributed by atoms with Gasteiger partial charge in [-0.1, -0.05) is 6.92 Å². The van der Waals surface area contributed by atoms with Crippen molar-refractivity contribution in [3.63, 3.8) is 0 Å². The van der Waals surface area contributed by atoms with Crippen molar-refractivity contribution in [1.82, 2.24) is 9.71 Å². The number of pyridine rings is 1. The zero-order valence-electron chi connectivity index (χ0n) is 12.5. The fourth-order valence-corrected chi connectivity index (χ4v) is 3.70. The van der Waals surface area contributed by atoms with E-state index in [0.717, 1.165) is 25.8 Å². The maximum Gasteiger partial charge on any atom is 0.244 e. The molecule has 7 heteroatoms. The highest BCUT2D eigenvalue weighted by molar-refractivity contribution is 7.89. The molecule has 1 saturated carbocycles. The zero-order valence-corrected chi connectivity index (χ0v) is 13.3. The van der Waals surface area contributed by atoms with Gasteiger partial charge in [-0.3, -0.25) is 4.98 Å². The molecular formula is C14H23N3O3S. The normalized spacial score (nSPS) is 21.8. The molecule has 118 valence electrons. The summed E-state index contributed by atoms with van der Waals surface area (Å²) in [6.45, 7) is 5.36. The van der Waals surface area contributed by atoms with E-state index in [2.05, 4.69) is 15.0 Å². The first-order valence-corrected chi connectivity index (χ1v) is 8.87. The number of sulfonamides is 1. The molecule has 21 heavy (non-hydrogen) atoms. The van der Waals surface area contributed by atoms with Crippen molar-refractivity contribution in [2.45, 2.75) is 50.2 Å². The van der Waals surface area contributed by atoms with Crippen molar-refractivity contribution in [2.24, 2.45) is 0 Å². The summed E-state index contributed by atoms with van der Waals surface area (Å²) in [5.74, 6) is 0. The van der Waals surface area contributed by atoms with Crippen LogP contribution in [0, 0.1) is 0 Å². The minimum Gasteiger partial charge on any atom is -0.384 e. The smallest absolute Gasteiger partial charge is 0.244 e. The molecule has 1 fully saturated rings. The van der Waals surface area contributed by atoms with Crippen molar-refractivity contribution < 1.29 is 13.2 Å². The maximum atomic E-state index is 12.5. The molecule has 6 nitrogen and oxygen atoms in total. The summed E-state index contributed by atoms with van der Waals surface area (Å²) in [4.78, 5) is 4.14. The second-order valence-electron chi connectivity index (χ2n) is 5.17. The van der Waals surface area contributed by atoms with Gasteiger partial charge >= 0.3 is 0 Å². The van der Waals surface area contributed by atoms with Crippen LogP contribution in [0.2, 0.25) is 0 Å². The van der Waals surface area contributed by atoms with E-state index in [1.807, 2.05) is 13.8 Å². The van der Waals surface area contributed by atoms with Gasteiger partial charge in [-0.05, 0) is 32.3 Å². The Labute approximate surface area is 126 Å². The molecule has 0 saturated heterocycles. The number of ether oxygens (including phenoxy) is 1. The third-order valence-electron chi connectivity index (χ3n) is 3.46. The molecule has 0 unspecified atom stereocenters. The second-order valence-corrected chi connectivity index (χ2v) is 6.85. The minimum atomic E-state index is -3.55. The summed E-state index contributed by atoms with van der Waals surface area (Å²) in [5.41, 5.74) is 0.597. The average Bonchev–Trinajstić information content (AvgIpc) is 2.43. The van der Waals surface area contributed by atoms with Crippen molar-refractivity contribution in [3.05, 3.63) is 18.5 Å². The highest BCUT2D eigenvalue weighted by Crippen LogP contribution is 2.26. The van der Waals surface area contributed by atoms with Crippen LogP contribution in [0.1, 0.15) is 33.1 Å². The summed E-state index contributed by atoms with van der Waals surface area (Å²) in [5, 5.41) is 3.12. The Bertz CT molecular complexity index is 556. The van der Waals surface area contributed by atoms with Crippen LogP contribution in [-0.2, 0) is 14.8 Å². The zero-order chi connectivity index (χ0) is 15.3. The highest BCUT2D eigenvalue weighted by Gasteiger charge is 2.33. The Morgan fingerprint density at radius 1 is 1.38 bits per heavy atom. The van der Waals surface area contributed by atoms with E-state index in [-0.39, 0.29) is 17.0 Å². The van der Waals surface area contributed by atoms with E-state index in [4.69, 9.17) is 4.74 Å². The Balaban J connectivity index is 2.03. The summed E-state index contributed by atoms with van der Waals surface area (Å²) in [6.07, 6.45) is 5.53. The Hall–Kier alpha value is -1.18. The molecule has 0 aliphatic heterocycles. The van der Waals surface area contributed by atoms with Gasteiger partial charge < -0.3 is 10.1 Å². The number of nitrogens with zero attached hydrogens (tertiary/aromatic N) is 1. The maximum absolute atomic E-state index is 12.5. The lowest BCUT2D eigenvalue weighted by atomic mass is 9.90. The van der Waals surface area contributed by atoms with Gasteiger partial charge in [0, 0.05) is 31.6 Å². The quantitative estimate of drug-likeness (QED) is 0.764. The largest absolute Gasteiger partial charge is 0.384 e. The van der Waals surface area contributed by atoms with Gasteiger partial charge in [-0.15, -0.1) is 0 Å². The van der Waals surface area contributed by atoms with Gasteiger partial charge in [0.1, 0.15) is 4.90 Å². The molecule has 0 atom stereocenters. The summed E-state index contributed by atoms with van der Waals surface area (Å²) >= 11 is 0. The van der Waals surface area contributed by atoms with Gasteiger partial charge in [0.2, 0.25) is 10.0 Å². The van der Waals surface area contributed by atoms with E-state index < -0.39 is 10.0 Å². The lowest BCUT2D eigenvalue weighted by molar-refractivity contribution is -0.00475. The first-order chi connectivity index (χ1) is 10.1. The van der Waals surface area contributed by atoms with E-state index in [0.29, 0.717) is 12.3 Å². The lowest BCUT2D eigenvalue weighted by Crippen LogP contribution is -2.47. The molecule has 0 radical (unpaired) electrons. The third-order valence-corrected chi connectivity index (χ3v) is 5.01. The van der Waals surface area contributed by atoms with Crippen molar-refractivity contribution in [3.8, 4) is 0 Å². The topological polar surface area (TPSA) is 80.3 Å². The number of aromatic nitrogens is 1. The first-order valence-electron chi connectivity index (χ1n) is 7.38. The molecule has 0 aromatic carbocycles. The molecule has 0 bridgehead atoms. The summed E-state index contributed by atoms with van der Waals surface area (Å²) in [6, 6.07) is 1.64. The molecule has 1 aliphatic carbocycles. The van der Waals surface area contributed by atoms with Crippen LogP contribution in [0.3, 0.4) is 0 Å². The van der Waals surface area contributed by atoms with Gasteiger partial charge in [-0.2, -0.15) is 0 Å². The lowest BCUT2D eigenvalue weighted by Gasteiger charge is -2.35. The predicted octanol–water partition coefficient (Wildman–Crippen LogP) is 1.75. The van der Waals surface area contributed by atoms with E-state index in [9.17, 15) is 8.42 Å². The molecule has 0 spiro atoms. The molecular weight excluding hydrogens is 290 g/mol. The number of hydrogen-bond acceptors (Lipinski definition) is 5. The molecule has 0 amide bonds. The third kappa shape index (κ3) is 4.15. The Morgan fingerprint density at radius 2 is 2.14 bits per heavy atom. The fourth-order valence-electron chi connectivity index (χ4n) is 2.32. The van der Waals surface area contributed by atoms with Crippen LogP contribution < -0.4 is 10.0 Å². The van der Waals surface area contributed by atoms with Crippen LogP contribution >= 0.6 is 0 Å². The van der Waals surface area contributed by atoms with E-state index in [1.165, 1.54) is 6.20 Å². The SMILES string of the molecule is CCCNc1ccncc1S(=O)(=O)NC1CC(OCC)C1. The highest BCUT2D eigenvalue weighted by atomic mass is 32.2. The fraction of sp³-hybridized carbons (Fsp3) is 0.643. The van der Waals surface area contributed by atoms with Crippen LogP contribution in [0.5, 0.6) is 0 Å². The first kappa shape index (κ1) is 16.2. The predicted molar refractivity (Wildman–Crippen MR) is 81.8 cm³/mol. The number of nitrogens with one attached hydrogen (secondary N) is 2. The van der Waals surface area contributed by atoms with Crippen LogP contribution in [-0.4, -0.2) is 38.7 Å². The van der Waals surface area contributed by atoms with Crippen LogP contribution in [0.15, 0.2) is 23.4 Å². The molecule has 1 aromatic rings. The molecule has 1 heterocycles. The Morgan fingerprint density at radius 3 is 2.81 bits per heavy atom. The molecule has 2 N–H and O–H groups in total. The molecule has 2 rings (SSSR count). The van der Waals surface area contributed by atoms with Gasteiger partial charge in [0.05, 0.1) is 11.8 Å². The number of hydrogen-bond donors (Lipinski definition) is 2. The summed E-state index contributed by atoms with van der Waals surface area (Å²) < 4.78 is 33.1. The monoisotopic (exact) mass is 313 g/mol. The number of rotatable bonds is 8. The number of anilines is 1. The van der Waals surface area contributed by atoms with Crippen molar-refractivity contribution in [2.75, 3.05) is 18.5 Å². The second kappa shape index (κ2) is 7.20. The molecule has 1 aliphatic rings. The standard InChI is InChI=1S/C14H23N3O3S/c1-3-6-16-13-5-7-15-10-14(13)21(18,19)17-11-8-12(9-11)20-4-2/h5,7,10-12,17H,3-4,6,8-9H2,1-2H3,(H,15,16). The minimum absolute atomic E-state index is 0.0502. The van der Waals surface area contributed by atoms with Gasteiger partial charge in [0.15, 0.2) is 0 Å². The Kier molecular flexibility index (Phi) is 5.55. The average molecular weight is 313 g/mol. The van der Waals surface area contributed by atoms with Crippen molar-refractivity contribution in [1.29, 1.82) is 0 Å². The van der Waals surface area contributed by atoms with Crippen LogP contribution in [0.4, 0.5) is 5.69 Å². The van der Waals surface area contributed by atoms with Crippen LogP contribution in [0.25, 0.3) is 0 Å². The van der Waals surface area contributed by atoms with Gasteiger partial charge in [0.25, 0.3) is 0 Å². The van der Waals surface area contributed by atoms with E-state index in [1.54, 1.807) is 12.3 Å². The van der Waals surface area contributed by atoms with E-state index >= 15 is 0 Å². The molecule has 1 aromatic heterocycles.